The Labute approximate surface area is 175 Å². The van der Waals surface area contributed by atoms with Crippen LogP contribution in [-0.4, -0.2) is 31.6 Å². The van der Waals surface area contributed by atoms with Crippen LogP contribution in [-0.2, 0) is 13.0 Å². The van der Waals surface area contributed by atoms with Crippen LogP contribution in [0.4, 0.5) is 0 Å². The molecule has 1 heterocycles. The van der Waals surface area contributed by atoms with E-state index in [1.807, 2.05) is 25.1 Å². The SMILES string of the molecule is CN=C(NCCc1nc(C)c(C)s1)NCc1ccc(Cl)cc1OC.I. The molecule has 0 bridgehead atoms. The maximum Gasteiger partial charge on any atom is 0.191 e. The fraction of sp³-hybridized carbons (Fsp3) is 0.412. The van der Waals surface area contributed by atoms with E-state index in [1.54, 1.807) is 25.5 Å². The Balaban J connectivity index is 0.00000312. The van der Waals surface area contributed by atoms with Gasteiger partial charge in [-0.15, -0.1) is 35.3 Å². The number of aryl methyl sites for hydroxylation is 2. The Morgan fingerprint density at radius 3 is 2.68 bits per heavy atom. The Bertz CT molecular complexity index is 701. The number of aromatic nitrogens is 1. The Morgan fingerprint density at radius 2 is 2.08 bits per heavy atom. The van der Waals surface area contributed by atoms with Gasteiger partial charge in [0.25, 0.3) is 0 Å². The third-order valence-corrected chi connectivity index (χ3v) is 4.99. The van der Waals surface area contributed by atoms with Crippen molar-refractivity contribution < 1.29 is 4.74 Å². The molecule has 0 amide bonds. The smallest absolute Gasteiger partial charge is 0.191 e. The molecule has 0 aliphatic heterocycles. The Hall–Kier alpha value is -1.06. The lowest BCUT2D eigenvalue weighted by atomic mass is 10.2. The molecule has 5 nitrogen and oxygen atoms in total. The standard InChI is InChI=1S/C17H23ClN4OS.HI/c1-11-12(2)24-16(22-11)7-8-20-17(19-3)21-10-13-5-6-14(18)9-15(13)23-4;/h5-6,9H,7-8,10H2,1-4H3,(H2,19,20,21);1H. The summed E-state index contributed by atoms with van der Waals surface area (Å²) in [5, 5.41) is 8.39. The predicted molar refractivity (Wildman–Crippen MR) is 117 cm³/mol. The number of rotatable bonds is 6. The van der Waals surface area contributed by atoms with Crippen LogP contribution in [0.3, 0.4) is 0 Å². The van der Waals surface area contributed by atoms with Crippen LogP contribution < -0.4 is 15.4 Å². The number of aliphatic imine (C=N–C) groups is 1. The first-order valence-electron chi connectivity index (χ1n) is 7.73. The summed E-state index contributed by atoms with van der Waals surface area (Å²) >= 11 is 7.73. The molecule has 2 rings (SSSR count). The number of thiazole rings is 1. The molecule has 1 aromatic heterocycles. The zero-order valence-corrected chi connectivity index (χ0v) is 18.8. The fourth-order valence-electron chi connectivity index (χ4n) is 2.20. The highest BCUT2D eigenvalue weighted by molar-refractivity contribution is 14.0. The quantitative estimate of drug-likeness (QED) is 0.363. The number of ether oxygens (including phenoxy) is 1. The topological polar surface area (TPSA) is 58.5 Å². The van der Waals surface area contributed by atoms with Gasteiger partial charge in [0.15, 0.2) is 5.96 Å². The molecule has 0 fully saturated rings. The van der Waals surface area contributed by atoms with Gasteiger partial charge in [0.1, 0.15) is 5.75 Å². The molecule has 8 heteroatoms. The average Bonchev–Trinajstić information content (AvgIpc) is 2.89. The number of hydrogen-bond acceptors (Lipinski definition) is 4. The van der Waals surface area contributed by atoms with Gasteiger partial charge >= 0.3 is 0 Å². The molecule has 1 aromatic carbocycles. The lowest BCUT2D eigenvalue weighted by Gasteiger charge is -2.13. The highest BCUT2D eigenvalue weighted by Gasteiger charge is 2.06. The number of hydrogen-bond donors (Lipinski definition) is 2. The molecule has 2 N–H and O–H groups in total. The van der Waals surface area contributed by atoms with Gasteiger partial charge in [-0.25, -0.2) is 4.98 Å². The number of methoxy groups -OCH3 is 1. The first-order chi connectivity index (χ1) is 11.5. The van der Waals surface area contributed by atoms with Crippen LogP contribution in [0.25, 0.3) is 0 Å². The molecule has 0 saturated heterocycles. The molecule has 0 aliphatic carbocycles. The van der Waals surface area contributed by atoms with Gasteiger partial charge in [-0.3, -0.25) is 4.99 Å². The molecule has 0 aliphatic rings. The molecular weight excluding hydrogens is 471 g/mol. The fourth-order valence-corrected chi connectivity index (χ4v) is 3.29. The number of guanidine groups is 1. The summed E-state index contributed by atoms with van der Waals surface area (Å²) in [6.07, 6.45) is 0.879. The van der Waals surface area contributed by atoms with Gasteiger partial charge in [-0.05, 0) is 26.0 Å². The lowest BCUT2D eigenvalue weighted by molar-refractivity contribution is 0.409. The van der Waals surface area contributed by atoms with E-state index < -0.39 is 0 Å². The molecule has 2 aromatic rings. The van der Waals surface area contributed by atoms with E-state index in [0.29, 0.717) is 11.6 Å². The summed E-state index contributed by atoms with van der Waals surface area (Å²) in [7, 11) is 3.40. The summed E-state index contributed by atoms with van der Waals surface area (Å²) in [6, 6.07) is 5.61. The molecular formula is C17H24ClIN4OS. The van der Waals surface area contributed by atoms with Crippen molar-refractivity contribution in [3.05, 3.63) is 44.4 Å². The van der Waals surface area contributed by atoms with Gasteiger partial charge in [-0.2, -0.15) is 0 Å². The van der Waals surface area contributed by atoms with Crippen molar-refractivity contribution in [3.63, 3.8) is 0 Å². The largest absolute Gasteiger partial charge is 0.496 e. The van der Waals surface area contributed by atoms with Crippen molar-refractivity contribution in [3.8, 4) is 5.75 Å². The second-order valence-corrected chi connectivity index (χ2v) is 7.03. The third-order valence-electron chi connectivity index (χ3n) is 3.62. The van der Waals surface area contributed by atoms with Crippen LogP contribution in [0.1, 0.15) is 21.1 Å². The normalized spacial score (nSPS) is 11.0. The van der Waals surface area contributed by atoms with E-state index in [2.05, 4.69) is 27.5 Å². The molecule has 0 saturated carbocycles. The van der Waals surface area contributed by atoms with Gasteiger partial charge < -0.3 is 15.4 Å². The second kappa shape index (κ2) is 10.8. The minimum atomic E-state index is 0. The lowest BCUT2D eigenvalue weighted by Crippen LogP contribution is -2.37. The minimum absolute atomic E-state index is 0. The minimum Gasteiger partial charge on any atom is -0.496 e. The van der Waals surface area contributed by atoms with Crippen molar-refractivity contribution in [1.82, 2.24) is 15.6 Å². The van der Waals surface area contributed by atoms with Crippen molar-refractivity contribution in [2.75, 3.05) is 20.7 Å². The number of nitrogens with one attached hydrogen (secondary N) is 2. The average molecular weight is 495 g/mol. The molecule has 138 valence electrons. The van der Waals surface area contributed by atoms with Crippen LogP contribution in [0, 0.1) is 13.8 Å². The highest BCUT2D eigenvalue weighted by atomic mass is 127. The van der Waals surface area contributed by atoms with Gasteiger partial charge in [0.05, 0.1) is 17.8 Å². The van der Waals surface area contributed by atoms with Crippen LogP contribution in [0.5, 0.6) is 5.75 Å². The summed E-state index contributed by atoms with van der Waals surface area (Å²) in [4.78, 5) is 10.1. The predicted octanol–water partition coefficient (Wildman–Crippen LogP) is 3.95. The highest BCUT2D eigenvalue weighted by Crippen LogP contribution is 2.22. The zero-order valence-electron chi connectivity index (χ0n) is 14.9. The van der Waals surface area contributed by atoms with Crippen molar-refractivity contribution in [2.45, 2.75) is 26.8 Å². The molecule has 0 atom stereocenters. The van der Waals surface area contributed by atoms with E-state index in [1.165, 1.54) is 4.88 Å². The summed E-state index contributed by atoms with van der Waals surface area (Å²) in [5.41, 5.74) is 2.14. The maximum atomic E-state index is 5.98. The second-order valence-electron chi connectivity index (χ2n) is 5.31. The zero-order chi connectivity index (χ0) is 17.5. The summed E-state index contributed by atoms with van der Waals surface area (Å²) in [6.45, 7) is 5.53. The van der Waals surface area contributed by atoms with Gasteiger partial charge in [0.2, 0.25) is 0 Å². The van der Waals surface area contributed by atoms with E-state index in [9.17, 15) is 0 Å². The number of nitrogens with zero attached hydrogens (tertiary/aromatic N) is 2. The summed E-state index contributed by atoms with van der Waals surface area (Å²) in [5.74, 6) is 1.51. The van der Waals surface area contributed by atoms with E-state index in [0.717, 1.165) is 40.9 Å². The van der Waals surface area contributed by atoms with Crippen LogP contribution in [0.2, 0.25) is 5.02 Å². The van der Waals surface area contributed by atoms with Gasteiger partial charge in [-0.1, -0.05) is 17.7 Å². The first-order valence-corrected chi connectivity index (χ1v) is 8.92. The molecule has 0 spiro atoms. The third kappa shape index (κ3) is 6.63. The molecule has 25 heavy (non-hydrogen) atoms. The Kier molecular flexibility index (Phi) is 9.52. The van der Waals surface area contributed by atoms with Crippen LogP contribution >= 0.6 is 46.9 Å². The van der Waals surface area contributed by atoms with E-state index >= 15 is 0 Å². The molecule has 0 unspecified atom stereocenters. The van der Waals surface area contributed by atoms with Crippen molar-refractivity contribution in [1.29, 1.82) is 0 Å². The number of benzene rings is 1. The van der Waals surface area contributed by atoms with Crippen LogP contribution in [0.15, 0.2) is 23.2 Å². The number of halogens is 2. The first kappa shape index (κ1) is 22.0. The Morgan fingerprint density at radius 1 is 1.32 bits per heavy atom. The monoisotopic (exact) mass is 494 g/mol. The van der Waals surface area contributed by atoms with Crippen molar-refractivity contribution in [2.24, 2.45) is 4.99 Å². The van der Waals surface area contributed by atoms with Crippen molar-refractivity contribution >= 4 is 52.9 Å². The maximum absolute atomic E-state index is 5.98. The van der Waals surface area contributed by atoms with E-state index in [4.69, 9.17) is 16.3 Å². The molecule has 0 radical (unpaired) electrons. The summed E-state index contributed by atoms with van der Waals surface area (Å²) < 4.78 is 5.35. The van der Waals surface area contributed by atoms with E-state index in [-0.39, 0.29) is 24.0 Å². The van der Waals surface area contributed by atoms with Gasteiger partial charge in [0, 0.05) is 42.0 Å².